The van der Waals surface area contributed by atoms with Gasteiger partial charge in [-0.15, -0.1) is 24.0 Å². The van der Waals surface area contributed by atoms with Crippen LogP contribution in [0.4, 0.5) is 5.69 Å². The SMILES string of the molecule is CCc1cccc(NC(N)=NCC2(CC)CCC2)c1.I. The molecule has 0 heterocycles. The Balaban J connectivity index is 0.00000200. The van der Waals surface area contributed by atoms with Crippen molar-refractivity contribution in [1.82, 2.24) is 0 Å². The summed E-state index contributed by atoms with van der Waals surface area (Å²) in [5, 5.41) is 3.19. The van der Waals surface area contributed by atoms with E-state index in [1.807, 2.05) is 12.1 Å². The number of nitrogens with two attached hydrogens (primary N) is 1. The third kappa shape index (κ3) is 4.36. The number of nitrogens with zero attached hydrogens (tertiary/aromatic N) is 1. The van der Waals surface area contributed by atoms with Crippen molar-refractivity contribution >= 4 is 35.6 Å². The molecule has 0 aliphatic heterocycles. The minimum Gasteiger partial charge on any atom is -0.370 e. The minimum atomic E-state index is 0. The van der Waals surface area contributed by atoms with Gasteiger partial charge in [-0.1, -0.05) is 32.4 Å². The van der Waals surface area contributed by atoms with Gasteiger partial charge in [0, 0.05) is 12.2 Å². The van der Waals surface area contributed by atoms with E-state index in [1.165, 1.54) is 31.2 Å². The molecule has 3 N–H and O–H groups in total. The fraction of sp³-hybridized carbons (Fsp3) is 0.562. The van der Waals surface area contributed by atoms with Gasteiger partial charge >= 0.3 is 0 Å². The second-order valence-corrected chi connectivity index (χ2v) is 5.59. The predicted octanol–water partition coefficient (Wildman–Crippen LogP) is 4.17. The molecule has 112 valence electrons. The van der Waals surface area contributed by atoms with E-state index in [4.69, 9.17) is 5.73 Å². The fourth-order valence-electron chi connectivity index (χ4n) is 2.61. The van der Waals surface area contributed by atoms with E-state index in [9.17, 15) is 0 Å². The van der Waals surface area contributed by atoms with Crippen LogP contribution in [0, 0.1) is 5.41 Å². The molecule has 0 bridgehead atoms. The van der Waals surface area contributed by atoms with Crippen molar-refractivity contribution in [3.8, 4) is 0 Å². The minimum absolute atomic E-state index is 0. The van der Waals surface area contributed by atoms with E-state index in [0.29, 0.717) is 11.4 Å². The quantitative estimate of drug-likeness (QED) is 0.453. The lowest BCUT2D eigenvalue weighted by molar-refractivity contribution is 0.139. The van der Waals surface area contributed by atoms with Gasteiger partial charge in [0.15, 0.2) is 5.96 Å². The monoisotopic (exact) mass is 387 g/mol. The van der Waals surface area contributed by atoms with Crippen LogP contribution < -0.4 is 11.1 Å². The second kappa shape index (κ2) is 7.86. The first-order chi connectivity index (χ1) is 9.17. The predicted molar refractivity (Wildman–Crippen MR) is 97.9 cm³/mol. The lowest BCUT2D eigenvalue weighted by atomic mass is 9.67. The molecule has 3 nitrogen and oxygen atoms in total. The van der Waals surface area contributed by atoms with Crippen molar-refractivity contribution in [3.05, 3.63) is 29.8 Å². The van der Waals surface area contributed by atoms with Crippen molar-refractivity contribution in [2.24, 2.45) is 16.1 Å². The van der Waals surface area contributed by atoms with Crippen LogP contribution in [0.1, 0.15) is 45.1 Å². The molecule has 0 radical (unpaired) electrons. The van der Waals surface area contributed by atoms with E-state index in [-0.39, 0.29) is 24.0 Å². The van der Waals surface area contributed by atoms with Crippen LogP contribution in [-0.4, -0.2) is 12.5 Å². The Morgan fingerprint density at radius 1 is 1.35 bits per heavy atom. The normalized spacial score (nSPS) is 17.0. The zero-order valence-electron chi connectivity index (χ0n) is 12.5. The van der Waals surface area contributed by atoms with Gasteiger partial charge in [-0.05, 0) is 48.8 Å². The van der Waals surface area contributed by atoms with Crippen LogP contribution in [0.15, 0.2) is 29.3 Å². The number of rotatable bonds is 5. The number of aryl methyl sites for hydroxylation is 1. The van der Waals surface area contributed by atoms with Gasteiger partial charge in [-0.25, -0.2) is 0 Å². The topological polar surface area (TPSA) is 50.4 Å². The zero-order valence-corrected chi connectivity index (χ0v) is 14.8. The van der Waals surface area contributed by atoms with E-state index in [0.717, 1.165) is 18.7 Å². The molecule has 4 heteroatoms. The summed E-state index contributed by atoms with van der Waals surface area (Å²) >= 11 is 0. The summed E-state index contributed by atoms with van der Waals surface area (Å²) in [7, 11) is 0. The Morgan fingerprint density at radius 3 is 2.65 bits per heavy atom. The van der Waals surface area contributed by atoms with Crippen LogP contribution >= 0.6 is 24.0 Å². The third-order valence-corrected chi connectivity index (χ3v) is 4.36. The van der Waals surface area contributed by atoms with E-state index in [1.54, 1.807) is 0 Å². The Bertz CT molecular complexity index is 447. The number of guanidine groups is 1. The number of hydrogen-bond acceptors (Lipinski definition) is 1. The number of anilines is 1. The largest absolute Gasteiger partial charge is 0.370 e. The van der Waals surface area contributed by atoms with Crippen LogP contribution in [-0.2, 0) is 6.42 Å². The molecule has 2 rings (SSSR count). The molecular formula is C16H26IN3. The molecule has 20 heavy (non-hydrogen) atoms. The summed E-state index contributed by atoms with van der Waals surface area (Å²) in [4.78, 5) is 4.52. The van der Waals surface area contributed by atoms with Crippen molar-refractivity contribution in [2.75, 3.05) is 11.9 Å². The highest BCUT2D eigenvalue weighted by molar-refractivity contribution is 14.0. The van der Waals surface area contributed by atoms with Gasteiger partial charge in [0.25, 0.3) is 0 Å². The maximum atomic E-state index is 5.98. The highest BCUT2D eigenvalue weighted by Gasteiger charge is 2.34. The van der Waals surface area contributed by atoms with Crippen LogP contribution in [0.3, 0.4) is 0 Å². The highest BCUT2D eigenvalue weighted by Crippen LogP contribution is 2.43. The number of hydrogen-bond donors (Lipinski definition) is 2. The molecule has 0 spiro atoms. The molecule has 0 aromatic heterocycles. The molecule has 0 saturated heterocycles. The molecule has 0 amide bonds. The Hall–Kier alpha value is -0.780. The summed E-state index contributed by atoms with van der Waals surface area (Å²) < 4.78 is 0. The number of benzene rings is 1. The summed E-state index contributed by atoms with van der Waals surface area (Å²) in [6.45, 7) is 5.26. The first kappa shape index (κ1) is 17.3. The maximum absolute atomic E-state index is 5.98. The first-order valence-corrected chi connectivity index (χ1v) is 7.33. The van der Waals surface area contributed by atoms with Crippen molar-refractivity contribution in [2.45, 2.75) is 46.0 Å². The van der Waals surface area contributed by atoms with Gasteiger partial charge in [-0.2, -0.15) is 0 Å². The molecule has 1 aromatic carbocycles. The number of halogens is 1. The van der Waals surface area contributed by atoms with Gasteiger partial charge in [0.05, 0.1) is 0 Å². The van der Waals surface area contributed by atoms with E-state index >= 15 is 0 Å². The van der Waals surface area contributed by atoms with Gasteiger partial charge in [0.2, 0.25) is 0 Å². The van der Waals surface area contributed by atoms with Crippen molar-refractivity contribution in [1.29, 1.82) is 0 Å². The average Bonchev–Trinajstić information content (AvgIpc) is 2.38. The Kier molecular flexibility index (Phi) is 6.79. The van der Waals surface area contributed by atoms with Gasteiger partial charge in [0.1, 0.15) is 0 Å². The Labute approximate surface area is 139 Å². The van der Waals surface area contributed by atoms with Crippen molar-refractivity contribution < 1.29 is 0 Å². The standard InChI is InChI=1S/C16H25N3.HI/c1-3-13-7-5-8-14(11-13)19-15(17)18-12-16(4-2)9-6-10-16;/h5,7-8,11H,3-4,6,9-10,12H2,1-2H3,(H3,17,18,19);1H. The Morgan fingerprint density at radius 2 is 2.10 bits per heavy atom. The van der Waals surface area contributed by atoms with Crippen molar-refractivity contribution in [3.63, 3.8) is 0 Å². The smallest absolute Gasteiger partial charge is 0.193 e. The lowest BCUT2D eigenvalue weighted by Gasteiger charge is -2.40. The molecule has 1 fully saturated rings. The average molecular weight is 387 g/mol. The lowest BCUT2D eigenvalue weighted by Crippen LogP contribution is -2.33. The summed E-state index contributed by atoms with van der Waals surface area (Å²) in [6.07, 6.45) is 6.17. The zero-order chi connectivity index (χ0) is 13.7. The fourth-order valence-corrected chi connectivity index (χ4v) is 2.61. The molecular weight excluding hydrogens is 361 g/mol. The maximum Gasteiger partial charge on any atom is 0.193 e. The van der Waals surface area contributed by atoms with Gasteiger partial charge < -0.3 is 11.1 Å². The molecule has 0 unspecified atom stereocenters. The third-order valence-electron chi connectivity index (χ3n) is 4.36. The van der Waals surface area contributed by atoms with E-state index < -0.39 is 0 Å². The molecule has 1 aromatic rings. The number of aliphatic imine (C=N–C) groups is 1. The summed E-state index contributed by atoms with van der Waals surface area (Å²) in [5.74, 6) is 0.535. The summed E-state index contributed by atoms with van der Waals surface area (Å²) in [5.41, 5.74) is 8.74. The van der Waals surface area contributed by atoms with Crippen LogP contribution in [0.25, 0.3) is 0 Å². The highest BCUT2D eigenvalue weighted by atomic mass is 127. The van der Waals surface area contributed by atoms with Crippen LogP contribution in [0.2, 0.25) is 0 Å². The molecule has 1 aliphatic rings. The van der Waals surface area contributed by atoms with E-state index in [2.05, 4.69) is 36.3 Å². The van der Waals surface area contributed by atoms with Gasteiger partial charge in [-0.3, -0.25) is 4.99 Å². The molecule has 1 saturated carbocycles. The summed E-state index contributed by atoms with van der Waals surface area (Å²) in [6, 6.07) is 8.33. The number of nitrogens with one attached hydrogen (secondary N) is 1. The first-order valence-electron chi connectivity index (χ1n) is 7.33. The molecule has 0 atom stereocenters. The molecule has 1 aliphatic carbocycles. The van der Waals surface area contributed by atoms with Crippen LogP contribution in [0.5, 0.6) is 0 Å². The second-order valence-electron chi connectivity index (χ2n) is 5.59.